The van der Waals surface area contributed by atoms with E-state index in [1.165, 1.54) is 17.5 Å². The Labute approximate surface area is 258 Å². The minimum Gasteiger partial charge on any atom is -0.383 e. The van der Waals surface area contributed by atoms with Gasteiger partial charge in [0.25, 0.3) is 0 Å². The zero-order valence-corrected chi connectivity index (χ0v) is 25.5. The van der Waals surface area contributed by atoms with E-state index < -0.39 is 0 Å². The largest absolute Gasteiger partial charge is 0.383 e. The summed E-state index contributed by atoms with van der Waals surface area (Å²) in [6.07, 6.45) is 13.6. The zero-order valence-electron chi connectivity index (χ0n) is 25.5. The van der Waals surface area contributed by atoms with Crippen LogP contribution in [0.1, 0.15) is 37.3 Å². The number of hydrogen-bond acceptors (Lipinski definition) is 7. The summed E-state index contributed by atoms with van der Waals surface area (Å²) in [5, 5.41) is 3.21. The molecule has 1 aliphatic heterocycles. The molecular formula is C35H40N8O. The number of carbonyl (C=O) groups is 1. The molecule has 1 aliphatic carbocycles. The number of nitrogen functional groups attached to an aromatic ring is 1. The fourth-order valence-electron chi connectivity index (χ4n) is 5.66. The first-order valence-corrected chi connectivity index (χ1v) is 15.1. The molecule has 1 amide bonds. The number of allylic oxidation sites excluding steroid dienone is 1. The molecule has 5 heterocycles. The second-order valence-corrected chi connectivity index (χ2v) is 10.9. The normalized spacial score (nSPS) is 14.2. The predicted octanol–water partition coefficient (Wildman–Crippen LogP) is 5.63. The minimum atomic E-state index is 0.452. The number of nitrogens with zero attached hydrogens (tertiary/aromatic N) is 6. The Morgan fingerprint density at radius 3 is 2.48 bits per heavy atom. The number of nitrogens with two attached hydrogens (primary N) is 1. The number of nitrogens with one attached hydrogen (secondary N) is 1. The third-order valence-corrected chi connectivity index (χ3v) is 7.97. The number of piperidine rings is 1. The van der Waals surface area contributed by atoms with Crippen molar-refractivity contribution >= 4 is 23.4 Å². The third kappa shape index (κ3) is 6.84. The van der Waals surface area contributed by atoms with Crippen molar-refractivity contribution in [3.05, 3.63) is 97.0 Å². The van der Waals surface area contributed by atoms with Crippen molar-refractivity contribution in [3.8, 4) is 28.3 Å². The number of amides is 1. The molecule has 3 N–H and O–H groups in total. The maximum atomic E-state index is 10.3. The van der Waals surface area contributed by atoms with Crippen LogP contribution < -0.4 is 11.1 Å². The Hall–Kier alpha value is -4.89. The highest BCUT2D eigenvalue weighted by Crippen LogP contribution is 2.33. The Kier molecular flexibility index (Phi) is 10.1. The number of benzene rings is 1. The third-order valence-electron chi connectivity index (χ3n) is 7.97. The van der Waals surface area contributed by atoms with Crippen LogP contribution in [0.5, 0.6) is 0 Å². The lowest BCUT2D eigenvalue weighted by Gasteiger charge is -2.28. The molecule has 0 radical (unpaired) electrons. The second kappa shape index (κ2) is 14.5. The summed E-state index contributed by atoms with van der Waals surface area (Å²) in [5.41, 5.74) is 14.3. The lowest BCUT2D eigenvalue weighted by molar-refractivity contribution is -0.119. The van der Waals surface area contributed by atoms with Crippen molar-refractivity contribution in [1.82, 2.24) is 34.7 Å². The van der Waals surface area contributed by atoms with E-state index >= 15 is 0 Å². The molecule has 4 aromatic heterocycles. The molecule has 0 unspecified atom stereocenters. The summed E-state index contributed by atoms with van der Waals surface area (Å²) >= 11 is 0. The lowest BCUT2D eigenvalue weighted by Crippen LogP contribution is -2.40. The molecular weight excluding hydrogens is 548 g/mol. The quantitative estimate of drug-likeness (QED) is 0.202. The van der Waals surface area contributed by atoms with Gasteiger partial charge >= 0.3 is 0 Å². The van der Waals surface area contributed by atoms with Gasteiger partial charge in [-0.25, -0.2) is 15.0 Å². The molecule has 5 aromatic rings. The Morgan fingerprint density at radius 1 is 1.00 bits per heavy atom. The number of hydrogen-bond donors (Lipinski definition) is 2. The number of aromatic nitrogens is 5. The molecule has 0 spiro atoms. The summed E-state index contributed by atoms with van der Waals surface area (Å²) in [4.78, 5) is 30.5. The summed E-state index contributed by atoms with van der Waals surface area (Å²) < 4.78 is 2.10. The van der Waals surface area contributed by atoms with Crippen LogP contribution >= 0.6 is 0 Å². The highest BCUT2D eigenvalue weighted by Gasteiger charge is 2.20. The van der Waals surface area contributed by atoms with Crippen LogP contribution in [0.15, 0.2) is 85.8 Å². The van der Waals surface area contributed by atoms with Crippen LogP contribution in [-0.4, -0.2) is 62.0 Å². The monoisotopic (exact) mass is 588 g/mol. The van der Waals surface area contributed by atoms with Gasteiger partial charge in [0, 0.05) is 49.0 Å². The van der Waals surface area contributed by atoms with Crippen LogP contribution in [-0.2, 0) is 17.6 Å². The SMILES string of the molecule is C=CC.CNC1CCN(C=O)CC1.Nc1ncccc1-c1nc2ccc(-c3cccnc3)nc2n1-c1ccc2c(c1)CCC2. The number of likely N-dealkylation sites (tertiary alicyclic amines) is 1. The van der Waals surface area contributed by atoms with Crippen molar-refractivity contribution in [2.75, 3.05) is 25.9 Å². The first-order chi connectivity index (χ1) is 21.6. The van der Waals surface area contributed by atoms with E-state index in [2.05, 4.69) is 44.6 Å². The molecule has 44 heavy (non-hydrogen) atoms. The zero-order chi connectivity index (χ0) is 30.9. The molecule has 9 nitrogen and oxygen atoms in total. The Morgan fingerprint density at radius 2 is 1.77 bits per heavy atom. The van der Waals surface area contributed by atoms with E-state index in [4.69, 9.17) is 15.7 Å². The van der Waals surface area contributed by atoms with E-state index in [0.29, 0.717) is 11.9 Å². The van der Waals surface area contributed by atoms with Crippen molar-refractivity contribution in [2.24, 2.45) is 0 Å². The molecule has 9 heteroatoms. The Bertz CT molecular complexity index is 1710. The molecule has 0 saturated carbocycles. The predicted molar refractivity (Wildman–Crippen MR) is 177 cm³/mol. The highest BCUT2D eigenvalue weighted by molar-refractivity contribution is 5.84. The van der Waals surface area contributed by atoms with Crippen molar-refractivity contribution in [1.29, 1.82) is 0 Å². The average Bonchev–Trinajstić information content (AvgIpc) is 3.70. The smallest absolute Gasteiger partial charge is 0.209 e. The number of imidazole rings is 1. The molecule has 0 atom stereocenters. The molecule has 1 aromatic carbocycles. The van der Waals surface area contributed by atoms with Crippen LogP contribution in [0.25, 0.3) is 39.5 Å². The molecule has 1 fully saturated rings. The highest BCUT2D eigenvalue weighted by atomic mass is 16.1. The van der Waals surface area contributed by atoms with Crippen molar-refractivity contribution in [2.45, 2.75) is 45.1 Å². The van der Waals surface area contributed by atoms with Gasteiger partial charge in [-0.15, -0.1) is 6.58 Å². The van der Waals surface area contributed by atoms with Gasteiger partial charge in [-0.05, 0) is 106 Å². The van der Waals surface area contributed by atoms with Crippen molar-refractivity contribution < 1.29 is 4.79 Å². The van der Waals surface area contributed by atoms with E-state index in [1.807, 2.05) is 61.5 Å². The van der Waals surface area contributed by atoms with E-state index in [1.54, 1.807) is 18.5 Å². The lowest BCUT2D eigenvalue weighted by atomic mass is 10.1. The second-order valence-electron chi connectivity index (χ2n) is 10.9. The van der Waals surface area contributed by atoms with Crippen LogP contribution in [0, 0.1) is 0 Å². The fourth-order valence-corrected chi connectivity index (χ4v) is 5.66. The number of rotatable bonds is 5. The number of aryl methyl sites for hydroxylation is 2. The maximum absolute atomic E-state index is 10.3. The number of anilines is 1. The van der Waals surface area contributed by atoms with E-state index in [0.717, 1.165) is 84.7 Å². The maximum Gasteiger partial charge on any atom is 0.209 e. The van der Waals surface area contributed by atoms with Crippen LogP contribution in [0.2, 0.25) is 0 Å². The fraction of sp³-hybridized carbons (Fsp3) is 0.286. The average molecular weight is 589 g/mol. The molecule has 2 aliphatic rings. The summed E-state index contributed by atoms with van der Waals surface area (Å²) in [6.45, 7) is 7.07. The van der Waals surface area contributed by atoms with Gasteiger partial charge in [0.15, 0.2) is 11.5 Å². The summed E-state index contributed by atoms with van der Waals surface area (Å²) in [5.74, 6) is 1.20. The number of fused-ring (bicyclic) bond motifs is 2. The van der Waals surface area contributed by atoms with Gasteiger partial charge in [0.1, 0.15) is 11.3 Å². The first-order valence-electron chi connectivity index (χ1n) is 15.1. The van der Waals surface area contributed by atoms with Gasteiger partial charge in [-0.3, -0.25) is 14.3 Å². The van der Waals surface area contributed by atoms with E-state index in [-0.39, 0.29) is 0 Å². The molecule has 226 valence electrons. The Balaban J connectivity index is 0.000000249. The summed E-state index contributed by atoms with van der Waals surface area (Å²) in [6, 6.07) is 19.0. The molecule has 7 rings (SSSR count). The van der Waals surface area contributed by atoms with E-state index in [9.17, 15) is 4.79 Å². The standard InChI is InChI=1S/C25H20N6.C7H14N2O.C3H6/c26-23-20(7-3-13-28-23)24-30-22-11-10-21(18-6-2-12-27-15-18)29-25(22)31(24)19-9-8-16-4-1-5-17(16)14-19;1-8-7-2-4-9(6-10)5-3-7;1-3-2/h2-3,6-15H,1,4-5H2,(H2,26,28);6-8H,2-5H2,1H3;3H,1H2,2H3. The molecule has 0 bridgehead atoms. The van der Waals surface area contributed by atoms with Gasteiger partial charge in [0.05, 0.1) is 11.3 Å². The van der Waals surface area contributed by atoms with Gasteiger partial charge in [0.2, 0.25) is 6.41 Å². The number of carbonyl (C=O) groups excluding carboxylic acids is 1. The molecule has 1 saturated heterocycles. The topological polar surface area (TPSA) is 115 Å². The van der Waals surface area contributed by atoms with Gasteiger partial charge < -0.3 is 16.0 Å². The van der Waals surface area contributed by atoms with Crippen molar-refractivity contribution in [3.63, 3.8) is 0 Å². The van der Waals surface area contributed by atoms with Crippen LogP contribution in [0.4, 0.5) is 5.82 Å². The number of pyridine rings is 3. The minimum absolute atomic E-state index is 0.452. The first kappa shape index (κ1) is 30.6. The summed E-state index contributed by atoms with van der Waals surface area (Å²) in [7, 11) is 1.97. The van der Waals surface area contributed by atoms with Gasteiger partial charge in [-0.2, -0.15) is 0 Å². The van der Waals surface area contributed by atoms with Gasteiger partial charge in [-0.1, -0.05) is 12.1 Å². The van der Waals surface area contributed by atoms with Crippen LogP contribution in [0.3, 0.4) is 0 Å².